The van der Waals surface area contributed by atoms with Crippen LogP contribution in [0.2, 0.25) is 0 Å². The van der Waals surface area contributed by atoms with E-state index in [0.717, 1.165) is 5.56 Å². The third kappa shape index (κ3) is 2.94. The standard InChI is InChI=1S/C16H24N2O3/c1-4-21-13-10-16(11-19,15(13,2)3)18-14(20)9-12-5-7-17-8-6-12/h5-8,13,19H,4,9-11H2,1-3H3,(H,18,20)/t13-,16-/m0/s1. The van der Waals surface area contributed by atoms with Crippen LogP contribution in [0.15, 0.2) is 24.5 Å². The molecule has 1 aliphatic carbocycles. The molecule has 1 heterocycles. The van der Waals surface area contributed by atoms with Crippen LogP contribution in [0.3, 0.4) is 0 Å². The van der Waals surface area contributed by atoms with Gasteiger partial charge in [-0.1, -0.05) is 13.8 Å². The molecule has 2 rings (SSSR count). The minimum absolute atomic E-state index is 0.0656. The summed E-state index contributed by atoms with van der Waals surface area (Å²) in [6, 6.07) is 3.64. The lowest BCUT2D eigenvalue weighted by Crippen LogP contribution is -2.74. The molecule has 116 valence electrons. The highest BCUT2D eigenvalue weighted by Gasteiger charge is 2.61. The summed E-state index contributed by atoms with van der Waals surface area (Å²) in [5, 5.41) is 12.8. The van der Waals surface area contributed by atoms with Crippen molar-refractivity contribution in [3.05, 3.63) is 30.1 Å². The summed E-state index contributed by atoms with van der Waals surface area (Å²) in [4.78, 5) is 16.2. The molecule has 0 bridgehead atoms. The molecule has 0 unspecified atom stereocenters. The highest BCUT2D eigenvalue weighted by molar-refractivity contribution is 5.79. The number of nitrogens with zero attached hydrogens (tertiary/aromatic N) is 1. The zero-order valence-corrected chi connectivity index (χ0v) is 12.9. The summed E-state index contributed by atoms with van der Waals surface area (Å²) in [5.74, 6) is -0.0849. The number of aliphatic hydroxyl groups excluding tert-OH is 1. The topological polar surface area (TPSA) is 71.5 Å². The van der Waals surface area contributed by atoms with E-state index >= 15 is 0 Å². The van der Waals surface area contributed by atoms with Gasteiger partial charge in [0.25, 0.3) is 0 Å². The fraction of sp³-hybridized carbons (Fsp3) is 0.625. The van der Waals surface area contributed by atoms with Crippen molar-refractivity contribution in [2.75, 3.05) is 13.2 Å². The molecule has 1 saturated carbocycles. The van der Waals surface area contributed by atoms with Gasteiger partial charge in [-0.3, -0.25) is 9.78 Å². The largest absolute Gasteiger partial charge is 0.394 e. The number of aliphatic hydroxyl groups is 1. The number of pyridine rings is 1. The van der Waals surface area contributed by atoms with Crippen molar-refractivity contribution >= 4 is 5.91 Å². The quantitative estimate of drug-likeness (QED) is 0.829. The van der Waals surface area contributed by atoms with Crippen molar-refractivity contribution in [1.82, 2.24) is 10.3 Å². The maximum atomic E-state index is 12.2. The van der Waals surface area contributed by atoms with Gasteiger partial charge in [0.15, 0.2) is 0 Å². The highest BCUT2D eigenvalue weighted by atomic mass is 16.5. The van der Waals surface area contributed by atoms with Gasteiger partial charge in [-0.2, -0.15) is 0 Å². The first-order valence-corrected chi connectivity index (χ1v) is 7.37. The lowest BCUT2D eigenvalue weighted by molar-refractivity contribution is -0.180. The van der Waals surface area contributed by atoms with Crippen LogP contribution < -0.4 is 5.32 Å². The van der Waals surface area contributed by atoms with E-state index in [-0.39, 0.29) is 24.0 Å². The lowest BCUT2D eigenvalue weighted by atomic mass is 9.54. The SMILES string of the molecule is CCO[C@H]1C[C@@](CO)(NC(=O)Cc2ccncc2)C1(C)C. The number of nitrogens with one attached hydrogen (secondary N) is 1. The van der Waals surface area contributed by atoms with Crippen LogP contribution >= 0.6 is 0 Å². The maximum absolute atomic E-state index is 12.2. The molecular formula is C16H24N2O3. The number of hydrogen-bond acceptors (Lipinski definition) is 4. The predicted molar refractivity (Wildman–Crippen MR) is 79.7 cm³/mol. The number of ether oxygens (including phenoxy) is 1. The average molecular weight is 292 g/mol. The molecule has 1 fully saturated rings. The second kappa shape index (κ2) is 6.12. The Morgan fingerprint density at radius 1 is 1.48 bits per heavy atom. The zero-order chi connectivity index (χ0) is 15.5. The fourth-order valence-electron chi connectivity index (χ4n) is 3.00. The van der Waals surface area contributed by atoms with Crippen LogP contribution in [0, 0.1) is 5.41 Å². The van der Waals surface area contributed by atoms with Crippen molar-refractivity contribution in [1.29, 1.82) is 0 Å². The molecule has 2 N–H and O–H groups in total. The van der Waals surface area contributed by atoms with Gasteiger partial charge >= 0.3 is 0 Å². The Labute approximate surface area is 125 Å². The van der Waals surface area contributed by atoms with E-state index in [1.807, 2.05) is 32.9 Å². The molecule has 5 nitrogen and oxygen atoms in total. The third-order valence-corrected chi connectivity index (χ3v) is 4.70. The van der Waals surface area contributed by atoms with E-state index < -0.39 is 5.54 Å². The number of hydrogen-bond donors (Lipinski definition) is 2. The predicted octanol–water partition coefficient (Wildman–Crippen LogP) is 1.31. The number of aromatic nitrogens is 1. The molecule has 0 saturated heterocycles. The Bertz CT molecular complexity index is 490. The molecule has 0 aromatic carbocycles. The molecule has 2 atom stereocenters. The smallest absolute Gasteiger partial charge is 0.224 e. The minimum atomic E-state index is -0.600. The molecule has 0 aliphatic heterocycles. The molecule has 1 aromatic heterocycles. The number of rotatable bonds is 6. The van der Waals surface area contributed by atoms with Crippen molar-refractivity contribution in [2.45, 2.75) is 45.3 Å². The normalized spacial score (nSPS) is 27.0. The van der Waals surface area contributed by atoms with Gasteiger partial charge in [-0.05, 0) is 24.6 Å². The van der Waals surface area contributed by atoms with E-state index in [0.29, 0.717) is 19.4 Å². The van der Waals surface area contributed by atoms with Gasteiger partial charge in [-0.25, -0.2) is 0 Å². The molecule has 21 heavy (non-hydrogen) atoms. The van der Waals surface area contributed by atoms with E-state index in [4.69, 9.17) is 4.74 Å². The van der Waals surface area contributed by atoms with Gasteiger partial charge in [0.2, 0.25) is 5.91 Å². The van der Waals surface area contributed by atoms with Crippen LogP contribution in [0.1, 0.15) is 32.8 Å². The Kier molecular flexibility index (Phi) is 4.64. The lowest BCUT2D eigenvalue weighted by Gasteiger charge is -2.60. The molecule has 1 amide bonds. The number of carbonyl (C=O) groups excluding carboxylic acids is 1. The summed E-state index contributed by atoms with van der Waals surface area (Å²) < 4.78 is 5.68. The van der Waals surface area contributed by atoms with E-state index in [1.165, 1.54) is 0 Å². The summed E-state index contributed by atoms with van der Waals surface area (Å²) in [7, 11) is 0. The van der Waals surface area contributed by atoms with E-state index in [1.54, 1.807) is 12.4 Å². The van der Waals surface area contributed by atoms with Crippen LogP contribution in [0.5, 0.6) is 0 Å². The summed E-state index contributed by atoms with van der Waals surface area (Å²) in [6.45, 7) is 6.57. The van der Waals surface area contributed by atoms with Crippen molar-refractivity contribution in [3.63, 3.8) is 0 Å². The first-order chi connectivity index (χ1) is 9.95. The third-order valence-electron chi connectivity index (χ3n) is 4.70. The maximum Gasteiger partial charge on any atom is 0.224 e. The first kappa shape index (κ1) is 15.9. The Balaban J connectivity index is 2.01. The van der Waals surface area contributed by atoms with Gasteiger partial charge in [-0.15, -0.1) is 0 Å². The van der Waals surface area contributed by atoms with Gasteiger partial charge in [0.1, 0.15) is 0 Å². The fourth-order valence-corrected chi connectivity index (χ4v) is 3.00. The number of carbonyl (C=O) groups is 1. The van der Waals surface area contributed by atoms with Gasteiger partial charge in [0.05, 0.1) is 24.7 Å². The molecular weight excluding hydrogens is 268 g/mol. The zero-order valence-electron chi connectivity index (χ0n) is 12.9. The van der Waals surface area contributed by atoms with Crippen LogP contribution in [0.25, 0.3) is 0 Å². The Morgan fingerprint density at radius 3 is 2.67 bits per heavy atom. The Hall–Kier alpha value is -1.46. The average Bonchev–Trinajstić information content (AvgIpc) is 2.46. The van der Waals surface area contributed by atoms with Gasteiger partial charge in [0, 0.05) is 30.8 Å². The van der Waals surface area contributed by atoms with E-state index in [2.05, 4.69) is 10.3 Å². The summed E-state index contributed by atoms with van der Waals surface area (Å²) in [5.41, 5.74) is 0.0249. The molecule has 1 aliphatic rings. The molecule has 0 spiro atoms. The Morgan fingerprint density at radius 2 is 2.14 bits per heavy atom. The van der Waals surface area contributed by atoms with Crippen molar-refractivity contribution in [2.24, 2.45) is 5.41 Å². The number of amides is 1. The van der Waals surface area contributed by atoms with Gasteiger partial charge < -0.3 is 15.2 Å². The van der Waals surface area contributed by atoms with E-state index in [9.17, 15) is 9.90 Å². The van der Waals surface area contributed by atoms with Crippen LogP contribution in [-0.4, -0.2) is 40.9 Å². The van der Waals surface area contributed by atoms with Crippen LogP contribution in [-0.2, 0) is 16.0 Å². The highest BCUT2D eigenvalue weighted by Crippen LogP contribution is 2.51. The summed E-state index contributed by atoms with van der Waals surface area (Å²) >= 11 is 0. The second-order valence-corrected chi connectivity index (χ2v) is 6.19. The second-order valence-electron chi connectivity index (χ2n) is 6.19. The first-order valence-electron chi connectivity index (χ1n) is 7.37. The minimum Gasteiger partial charge on any atom is -0.394 e. The molecule has 5 heteroatoms. The van der Waals surface area contributed by atoms with Crippen LogP contribution in [0.4, 0.5) is 0 Å². The van der Waals surface area contributed by atoms with Crippen molar-refractivity contribution < 1.29 is 14.6 Å². The molecule has 0 radical (unpaired) electrons. The molecule has 1 aromatic rings. The van der Waals surface area contributed by atoms with Crippen molar-refractivity contribution in [3.8, 4) is 0 Å². The monoisotopic (exact) mass is 292 g/mol. The summed E-state index contributed by atoms with van der Waals surface area (Å²) in [6.07, 6.45) is 4.34.